The monoisotopic (exact) mass is 631 g/mol. The lowest BCUT2D eigenvalue weighted by molar-refractivity contribution is -0.192. The SMILES string of the molecule is CCC(C)C=C[C@@H](OC(C)=O)[C@H](OC(C)=O)[C@@H](OC(C)=O)[C@@H](OC)C(=O)N[C@H]1CCCCN(Cc2ccc(C#N)c(F)c2)C1=O. The van der Waals surface area contributed by atoms with Gasteiger partial charge >= 0.3 is 17.9 Å². The van der Waals surface area contributed by atoms with Crippen LogP contribution in [0.1, 0.15) is 71.4 Å². The molecule has 6 atom stereocenters. The maximum Gasteiger partial charge on any atom is 0.303 e. The Bertz CT molecular complexity index is 1290. The Morgan fingerprint density at radius 3 is 2.27 bits per heavy atom. The lowest BCUT2D eigenvalue weighted by atomic mass is 9.98. The second-order valence-electron chi connectivity index (χ2n) is 10.9. The molecule has 0 bridgehead atoms. The number of nitrogens with zero attached hydrogens (tertiary/aromatic N) is 2. The predicted molar refractivity (Wildman–Crippen MR) is 158 cm³/mol. The van der Waals surface area contributed by atoms with E-state index in [1.165, 1.54) is 30.2 Å². The molecular formula is C32H42FN3O9. The van der Waals surface area contributed by atoms with Gasteiger partial charge in [0.25, 0.3) is 5.91 Å². The zero-order valence-corrected chi connectivity index (χ0v) is 26.5. The molecular weight excluding hydrogens is 589 g/mol. The summed E-state index contributed by atoms with van der Waals surface area (Å²) in [6, 6.07) is 4.85. The van der Waals surface area contributed by atoms with Crippen LogP contribution in [0.4, 0.5) is 4.39 Å². The average molecular weight is 632 g/mol. The topological polar surface area (TPSA) is 161 Å². The number of hydrogen-bond donors (Lipinski definition) is 1. The first-order valence-corrected chi connectivity index (χ1v) is 14.8. The number of nitrogens with one attached hydrogen (secondary N) is 1. The van der Waals surface area contributed by atoms with Crippen molar-refractivity contribution in [1.82, 2.24) is 10.2 Å². The van der Waals surface area contributed by atoms with E-state index < -0.39 is 66.0 Å². The Morgan fingerprint density at radius 1 is 1.07 bits per heavy atom. The number of halogens is 1. The summed E-state index contributed by atoms with van der Waals surface area (Å²) in [5.74, 6) is -4.23. The molecule has 246 valence electrons. The molecule has 0 spiro atoms. The van der Waals surface area contributed by atoms with Crippen LogP contribution in [0.2, 0.25) is 0 Å². The van der Waals surface area contributed by atoms with Gasteiger partial charge in [-0.25, -0.2) is 4.39 Å². The summed E-state index contributed by atoms with van der Waals surface area (Å²) in [6.07, 6.45) is -0.406. The highest BCUT2D eigenvalue weighted by molar-refractivity contribution is 5.90. The number of amides is 2. The number of rotatable bonds is 14. The molecule has 0 aliphatic carbocycles. The number of carbonyl (C=O) groups is 5. The van der Waals surface area contributed by atoms with Crippen LogP contribution in [0.25, 0.3) is 0 Å². The van der Waals surface area contributed by atoms with Gasteiger partial charge in [-0.2, -0.15) is 5.26 Å². The molecule has 1 heterocycles. The number of esters is 3. The van der Waals surface area contributed by atoms with Crippen molar-refractivity contribution in [2.24, 2.45) is 5.92 Å². The molecule has 1 aromatic carbocycles. The Balaban J connectivity index is 2.40. The van der Waals surface area contributed by atoms with Crippen molar-refractivity contribution in [2.45, 2.75) is 97.3 Å². The Kier molecular flexibility index (Phi) is 14.6. The summed E-state index contributed by atoms with van der Waals surface area (Å²) in [6.45, 7) is 7.65. The van der Waals surface area contributed by atoms with Crippen LogP contribution in [-0.4, -0.2) is 78.7 Å². The summed E-state index contributed by atoms with van der Waals surface area (Å²) in [5, 5.41) is 11.7. The van der Waals surface area contributed by atoms with E-state index in [0.717, 1.165) is 27.2 Å². The van der Waals surface area contributed by atoms with Gasteiger partial charge in [0.05, 0.1) is 5.56 Å². The molecule has 1 unspecified atom stereocenters. The largest absolute Gasteiger partial charge is 0.455 e. The molecule has 13 heteroatoms. The third kappa shape index (κ3) is 11.3. The Hall–Kier alpha value is -4.31. The average Bonchev–Trinajstić information content (AvgIpc) is 3.14. The Labute approximate surface area is 262 Å². The fourth-order valence-corrected chi connectivity index (χ4v) is 4.86. The maximum atomic E-state index is 14.2. The molecule has 2 rings (SSSR count). The van der Waals surface area contributed by atoms with Gasteiger partial charge < -0.3 is 29.2 Å². The normalized spacial score (nSPS) is 18.5. The number of allylic oxidation sites excluding steroid dienone is 1. The summed E-state index contributed by atoms with van der Waals surface area (Å²) in [7, 11) is 1.18. The number of benzene rings is 1. The van der Waals surface area contributed by atoms with Crippen molar-refractivity contribution < 1.29 is 47.3 Å². The van der Waals surface area contributed by atoms with Gasteiger partial charge in [0.2, 0.25) is 5.91 Å². The molecule has 0 aromatic heterocycles. The van der Waals surface area contributed by atoms with E-state index in [4.69, 9.17) is 24.2 Å². The first kappa shape index (κ1) is 36.9. The van der Waals surface area contributed by atoms with Gasteiger partial charge in [-0.15, -0.1) is 0 Å². The van der Waals surface area contributed by atoms with E-state index >= 15 is 0 Å². The summed E-state index contributed by atoms with van der Waals surface area (Å²) in [5.41, 5.74) is 0.361. The van der Waals surface area contributed by atoms with Gasteiger partial charge in [0.1, 0.15) is 17.9 Å². The van der Waals surface area contributed by atoms with Crippen LogP contribution in [-0.2, 0) is 49.5 Å². The molecule has 1 N–H and O–H groups in total. The van der Waals surface area contributed by atoms with Crippen molar-refractivity contribution in [3.63, 3.8) is 0 Å². The van der Waals surface area contributed by atoms with Crippen molar-refractivity contribution in [1.29, 1.82) is 5.26 Å². The zero-order chi connectivity index (χ0) is 33.7. The molecule has 1 aliphatic rings. The zero-order valence-electron chi connectivity index (χ0n) is 26.5. The molecule has 12 nitrogen and oxygen atoms in total. The lowest BCUT2D eigenvalue weighted by Gasteiger charge is -2.34. The maximum absolute atomic E-state index is 14.2. The highest BCUT2D eigenvalue weighted by atomic mass is 19.1. The number of carbonyl (C=O) groups excluding carboxylic acids is 5. The van der Waals surface area contributed by atoms with Crippen LogP contribution in [0.3, 0.4) is 0 Å². The number of ether oxygens (including phenoxy) is 4. The minimum atomic E-state index is -1.59. The number of nitriles is 1. The van der Waals surface area contributed by atoms with Gasteiger partial charge in [0.15, 0.2) is 24.4 Å². The quantitative estimate of drug-likeness (QED) is 0.184. The van der Waals surface area contributed by atoms with Crippen LogP contribution in [0, 0.1) is 23.1 Å². The molecule has 0 saturated carbocycles. The number of hydrogen-bond acceptors (Lipinski definition) is 10. The first-order valence-electron chi connectivity index (χ1n) is 14.8. The lowest BCUT2D eigenvalue weighted by Crippen LogP contribution is -2.58. The van der Waals surface area contributed by atoms with E-state index in [1.807, 2.05) is 13.8 Å². The summed E-state index contributed by atoms with van der Waals surface area (Å²) in [4.78, 5) is 65.2. The first-order chi connectivity index (χ1) is 21.3. The molecule has 45 heavy (non-hydrogen) atoms. The van der Waals surface area contributed by atoms with Gasteiger partial charge in [-0.05, 0) is 49.0 Å². The third-order valence-electron chi connectivity index (χ3n) is 7.26. The molecule has 0 radical (unpaired) electrons. The van der Waals surface area contributed by atoms with Gasteiger partial charge in [0, 0.05) is 41.0 Å². The Morgan fingerprint density at radius 2 is 1.71 bits per heavy atom. The van der Waals surface area contributed by atoms with Crippen molar-refractivity contribution in [2.75, 3.05) is 13.7 Å². The fraction of sp³-hybridized carbons (Fsp3) is 0.562. The summed E-state index contributed by atoms with van der Waals surface area (Å²) >= 11 is 0. The van der Waals surface area contributed by atoms with Gasteiger partial charge in [-0.3, -0.25) is 24.0 Å². The van der Waals surface area contributed by atoms with Crippen LogP contribution >= 0.6 is 0 Å². The van der Waals surface area contributed by atoms with E-state index in [9.17, 15) is 28.4 Å². The fourth-order valence-electron chi connectivity index (χ4n) is 4.86. The van der Waals surface area contributed by atoms with Crippen molar-refractivity contribution >= 4 is 29.7 Å². The van der Waals surface area contributed by atoms with E-state index in [0.29, 0.717) is 31.4 Å². The third-order valence-corrected chi connectivity index (χ3v) is 7.26. The van der Waals surface area contributed by atoms with Crippen molar-refractivity contribution in [3.05, 3.63) is 47.3 Å². The van der Waals surface area contributed by atoms with E-state index in [1.54, 1.807) is 18.2 Å². The number of likely N-dealkylation sites (tertiary alicyclic amines) is 1. The van der Waals surface area contributed by atoms with Crippen LogP contribution < -0.4 is 5.32 Å². The standard InChI is InChI=1S/C32H42FN3O9/c1-7-19(2)11-14-27(43-20(3)37)28(44-21(4)38)29(45-22(5)39)30(42-6)31(40)35-26-10-8-9-15-36(32(26)41)18-23-12-13-24(17-34)25(33)16-23/h11-14,16,19,26-30H,7-10,15,18H2,1-6H3,(H,35,40)/t19?,26-,27+,28-,29+,30+/m0/s1. The van der Waals surface area contributed by atoms with E-state index in [-0.39, 0.29) is 18.0 Å². The predicted octanol–water partition coefficient (Wildman–Crippen LogP) is 3.11. The molecule has 2 amide bonds. The second-order valence-corrected chi connectivity index (χ2v) is 10.9. The molecule has 1 aromatic rings. The molecule has 1 aliphatic heterocycles. The minimum absolute atomic E-state index is 0.0543. The van der Waals surface area contributed by atoms with Crippen LogP contribution in [0.15, 0.2) is 30.4 Å². The minimum Gasteiger partial charge on any atom is -0.455 e. The highest BCUT2D eigenvalue weighted by Gasteiger charge is 2.45. The smallest absolute Gasteiger partial charge is 0.303 e. The molecule has 1 fully saturated rings. The van der Waals surface area contributed by atoms with Crippen molar-refractivity contribution in [3.8, 4) is 6.07 Å². The van der Waals surface area contributed by atoms with Crippen LogP contribution in [0.5, 0.6) is 0 Å². The van der Waals surface area contributed by atoms with Gasteiger partial charge in [-0.1, -0.05) is 32.4 Å². The molecule has 1 saturated heterocycles. The summed E-state index contributed by atoms with van der Waals surface area (Å²) < 4.78 is 36.1. The second kappa shape index (κ2) is 17.9. The highest BCUT2D eigenvalue weighted by Crippen LogP contribution is 2.23. The number of methoxy groups -OCH3 is 1. The van der Waals surface area contributed by atoms with E-state index in [2.05, 4.69) is 5.32 Å².